The molecule has 1 aromatic rings. The molecule has 204 valence electrons. The minimum absolute atomic E-state index is 0.00161. The molecule has 4 rings (SSSR count). The van der Waals surface area contributed by atoms with Crippen molar-refractivity contribution in [3.63, 3.8) is 0 Å². The van der Waals surface area contributed by atoms with E-state index in [9.17, 15) is 19.5 Å². The van der Waals surface area contributed by atoms with E-state index >= 15 is 0 Å². The molecule has 11 heteroatoms. The largest absolute Gasteiger partial charge is 0.493 e. The molecule has 0 aliphatic carbocycles. The van der Waals surface area contributed by atoms with Gasteiger partial charge in [-0.3, -0.25) is 24.1 Å². The lowest BCUT2D eigenvalue weighted by Crippen LogP contribution is -2.49. The van der Waals surface area contributed by atoms with Crippen LogP contribution >= 0.6 is 0 Å². The Morgan fingerprint density at radius 3 is 2.68 bits per heavy atom. The Bertz CT molecular complexity index is 1000. The number of amides is 2. The Morgan fingerprint density at radius 1 is 1.22 bits per heavy atom. The van der Waals surface area contributed by atoms with E-state index in [2.05, 4.69) is 0 Å². The maximum atomic E-state index is 13.3. The highest BCUT2D eigenvalue weighted by Gasteiger charge is 2.49. The average molecular weight is 520 g/mol. The Hall–Kier alpha value is -3.05. The number of hydroxylamine groups is 2. The predicted molar refractivity (Wildman–Crippen MR) is 132 cm³/mol. The van der Waals surface area contributed by atoms with E-state index in [-0.39, 0.29) is 31.7 Å². The molecule has 11 nitrogen and oxygen atoms in total. The third kappa shape index (κ3) is 5.77. The van der Waals surface area contributed by atoms with E-state index in [1.807, 2.05) is 18.7 Å². The normalized spacial score (nSPS) is 23.1. The number of ether oxygens (including phenoxy) is 3. The summed E-state index contributed by atoms with van der Waals surface area (Å²) in [5.74, 6) is -1.01. The fourth-order valence-electron chi connectivity index (χ4n) is 5.46. The van der Waals surface area contributed by atoms with Crippen molar-refractivity contribution in [1.82, 2.24) is 14.9 Å². The van der Waals surface area contributed by atoms with Crippen LogP contribution in [0.2, 0.25) is 0 Å². The number of carboxylic acid groups (broad SMARTS) is 1. The first kappa shape index (κ1) is 27.0. The van der Waals surface area contributed by atoms with Gasteiger partial charge >= 0.3 is 5.97 Å². The molecule has 3 atom stereocenters. The highest BCUT2D eigenvalue weighted by molar-refractivity contribution is 5.80. The smallest absolute Gasteiger partial charge is 0.308 e. The maximum absolute atomic E-state index is 13.3. The van der Waals surface area contributed by atoms with Gasteiger partial charge in [0, 0.05) is 44.6 Å². The van der Waals surface area contributed by atoms with E-state index < -0.39 is 23.8 Å². The van der Waals surface area contributed by atoms with Crippen molar-refractivity contribution in [1.29, 1.82) is 0 Å². The number of nitrogens with zero attached hydrogens (tertiary/aromatic N) is 3. The van der Waals surface area contributed by atoms with Gasteiger partial charge < -0.3 is 24.2 Å². The molecule has 3 heterocycles. The van der Waals surface area contributed by atoms with Crippen molar-refractivity contribution in [2.75, 3.05) is 53.2 Å². The van der Waals surface area contributed by atoms with E-state index in [4.69, 9.17) is 19.0 Å². The summed E-state index contributed by atoms with van der Waals surface area (Å²) < 4.78 is 16.6. The highest BCUT2D eigenvalue weighted by atomic mass is 16.7. The lowest BCUT2D eigenvalue weighted by atomic mass is 9.84. The van der Waals surface area contributed by atoms with Crippen molar-refractivity contribution in [3.8, 4) is 17.2 Å². The summed E-state index contributed by atoms with van der Waals surface area (Å²) in [4.78, 5) is 47.8. The van der Waals surface area contributed by atoms with Gasteiger partial charge in [0.2, 0.25) is 18.4 Å². The average Bonchev–Trinajstić information content (AvgIpc) is 3.60. The molecule has 2 saturated heterocycles. The summed E-state index contributed by atoms with van der Waals surface area (Å²) in [5.41, 5.74) is 0.730. The first-order valence-corrected chi connectivity index (χ1v) is 13.0. The van der Waals surface area contributed by atoms with Gasteiger partial charge in [0.25, 0.3) is 5.91 Å². The number of benzene rings is 1. The summed E-state index contributed by atoms with van der Waals surface area (Å²) >= 11 is 0. The molecule has 0 bridgehead atoms. The van der Waals surface area contributed by atoms with Gasteiger partial charge in [0.1, 0.15) is 0 Å². The summed E-state index contributed by atoms with van der Waals surface area (Å²) in [6, 6.07) is 3.04. The van der Waals surface area contributed by atoms with Crippen molar-refractivity contribution in [2.45, 2.75) is 51.5 Å². The van der Waals surface area contributed by atoms with Crippen LogP contribution in [0.3, 0.4) is 0 Å². The standard InChI is InChI=1S/C26H37N3O8/c1-4-8-29(37-10-5-2)23(31)15-28-13-18(17-11-20(34-3)25-21(12-17)35-16-36-25)24(26(32)33)19(28)14-27-9-6-7-22(27)30/h11-12,18-19,24H,4-10,13-16H2,1-3H3,(H,32,33). The Balaban J connectivity index is 1.65. The zero-order valence-electron chi connectivity index (χ0n) is 21.8. The molecule has 3 unspecified atom stereocenters. The van der Waals surface area contributed by atoms with Crippen molar-refractivity contribution in [3.05, 3.63) is 17.7 Å². The van der Waals surface area contributed by atoms with Gasteiger partial charge in [-0.15, -0.1) is 0 Å². The number of methoxy groups -OCH3 is 1. The Kier molecular flexibility index (Phi) is 8.75. The van der Waals surface area contributed by atoms with Gasteiger partial charge in [-0.05, 0) is 37.0 Å². The van der Waals surface area contributed by atoms with E-state index in [1.54, 1.807) is 17.0 Å². The van der Waals surface area contributed by atoms with Gasteiger partial charge in [-0.25, -0.2) is 5.06 Å². The number of likely N-dealkylation sites (tertiary alicyclic amines) is 2. The summed E-state index contributed by atoms with van der Waals surface area (Å²) in [7, 11) is 1.52. The molecule has 1 aromatic carbocycles. The van der Waals surface area contributed by atoms with Crippen LogP contribution in [-0.4, -0.2) is 97.0 Å². The molecule has 0 saturated carbocycles. The van der Waals surface area contributed by atoms with Crippen LogP contribution in [0.5, 0.6) is 17.2 Å². The predicted octanol–water partition coefficient (Wildman–Crippen LogP) is 2.10. The molecule has 3 aliphatic rings. The second kappa shape index (κ2) is 12.0. The number of aliphatic carboxylic acids is 1. The molecule has 0 aromatic heterocycles. The number of rotatable bonds is 12. The van der Waals surface area contributed by atoms with Crippen molar-refractivity contribution in [2.24, 2.45) is 5.92 Å². The summed E-state index contributed by atoms with van der Waals surface area (Å²) in [6.07, 6.45) is 2.71. The number of carbonyl (C=O) groups excluding carboxylic acids is 2. The topological polar surface area (TPSA) is 118 Å². The van der Waals surface area contributed by atoms with Crippen LogP contribution in [0.4, 0.5) is 0 Å². The van der Waals surface area contributed by atoms with Crippen LogP contribution in [0.25, 0.3) is 0 Å². The van der Waals surface area contributed by atoms with Crippen molar-refractivity contribution < 1.29 is 38.5 Å². The summed E-state index contributed by atoms with van der Waals surface area (Å²) in [6.45, 7) is 6.05. The second-order valence-electron chi connectivity index (χ2n) is 9.70. The third-order valence-electron chi connectivity index (χ3n) is 7.22. The first-order valence-electron chi connectivity index (χ1n) is 13.0. The van der Waals surface area contributed by atoms with Crippen LogP contribution in [0.1, 0.15) is 51.0 Å². The molecule has 1 N–H and O–H groups in total. The van der Waals surface area contributed by atoms with Crippen LogP contribution in [-0.2, 0) is 19.2 Å². The van der Waals surface area contributed by atoms with Gasteiger partial charge in [0.15, 0.2) is 11.5 Å². The maximum Gasteiger partial charge on any atom is 0.308 e. The molecule has 3 aliphatic heterocycles. The molecule has 0 spiro atoms. The minimum atomic E-state index is -0.971. The monoisotopic (exact) mass is 519 g/mol. The number of carbonyl (C=O) groups is 3. The molecule has 37 heavy (non-hydrogen) atoms. The zero-order valence-corrected chi connectivity index (χ0v) is 21.8. The van der Waals surface area contributed by atoms with Crippen molar-refractivity contribution >= 4 is 17.8 Å². The Labute approximate surface area is 217 Å². The number of hydrogen-bond acceptors (Lipinski definition) is 8. The third-order valence-corrected chi connectivity index (χ3v) is 7.22. The minimum Gasteiger partial charge on any atom is -0.493 e. The van der Waals surface area contributed by atoms with E-state index in [0.29, 0.717) is 49.9 Å². The molecule has 0 radical (unpaired) electrons. The SMILES string of the molecule is CCCON(CCC)C(=O)CN1CC(c2cc(OC)c3c(c2)OCO3)C(C(=O)O)C1CN1CCCC1=O. The first-order chi connectivity index (χ1) is 17.9. The van der Waals surface area contributed by atoms with E-state index in [0.717, 1.165) is 24.8 Å². The molecular formula is C26H37N3O8. The number of fused-ring (bicyclic) bond motifs is 1. The van der Waals surface area contributed by atoms with Gasteiger partial charge in [0.05, 0.1) is 26.2 Å². The quantitative estimate of drug-likeness (QED) is 0.414. The molecule has 2 amide bonds. The number of hydrogen-bond donors (Lipinski definition) is 1. The molecular weight excluding hydrogens is 482 g/mol. The summed E-state index contributed by atoms with van der Waals surface area (Å²) in [5, 5.41) is 11.8. The molecule has 2 fully saturated rings. The lowest BCUT2D eigenvalue weighted by molar-refractivity contribution is -0.188. The van der Waals surface area contributed by atoms with Gasteiger partial charge in [-0.1, -0.05) is 13.8 Å². The fraction of sp³-hybridized carbons (Fsp3) is 0.654. The zero-order chi connectivity index (χ0) is 26.5. The number of carboxylic acids is 1. The van der Waals surface area contributed by atoms with Crippen LogP contribution in [0.15, 0.2) is 12.1 Å². The fourth-order valence-corrected chi connectivity index (χ4v) is 5.46. The van der Waals surface area contributed by atoms with Crippen LogP contribution in [0, 0.1) is 5.92 Å². The van der Waals surface area contributed by atoms with Crippen LogP contribution < -0.4 is 14.2 Å². The highest BCUT2D eigenvalue weighted by Crippen LogP contribution is 2.47. The second-order valence-corrected chi connectivity index (χ2v) is 9.70. The Morgan fingerprint density at radius 2 is 2.03 bits per heavy atom. The van der Waals surface area contributed by atoms with E-state index in [1.165, 1.54) is 12.2 Å². The lowest BCUT2D eigenvalue weighted by Gasteiger charge is -2.31. The van der Waals surface area contributed by atoms with Gasteiger partial charge in [-0.2, -0.15) is 0 Å².